The zero-order valence-electron chi connectivity index (χ0n) is 8.54. The van der Waals surface area contributed by atoms with Gasteiger partial charge in [-0.2, -0.15) is 0 Å². The Kier molecular flexibility index (Phi) is 4.66. The number of carbonyl (C=O) groups is 1. The molecular weight excluding hydrogens is 244 g/mol. The minimum Gasteiger partial charge on any atom is -0.462 e. The maximum absolute atomic E-state index is 11.4. The molecule has 1 rings (SSSR count). The van der Waals surface area contributed by atoms with Crippen molar-refractivity contribution in [3.05, 3.63) is 12.7 Å². The minimum absolute atomic E-state index is 0.0355. The van der Waals surface area contributed by atoms with Gasteiger partial charge in [-0.25, -0.2) is 0 Å². The molecule has 1 fully saturated rings. The van der Waals surface area contributed by atoms with Crippen LogP contribution in [-0.4, -0.2) is 17.4 Å². The monoisotopic (exact) mass is 260 g/mol. The van der Waals surface area contributed by atoms with Crippen LogP contribution in [0, 0.1) is 11.8 Å². The predicted molar refractivity (Wildman–Crippen MR) is 60.4 cm³/mol. The van der Waals surface area contributed by atoms with Crippen LogP contribution in [0.25, 0.3) is 0 Å². The van der Waals surface area contributed by atoms with Gasteiger partial charge in [-0.15, -0.1) is 6.58 Å². The van der Waals surface area contributed by atoms with Crippen LogP contribution in [0.2, 0.25) is 0 Å². The van der Waals surface area contributed by atoms with Crippen LogP contribution in [0.4, 0.5) is 0 Å². The molecule has 0 spiro atoms. The van der Waals surface area contributed by atoms with Crippen LogP contribution < -0.4 is 0 Å². The number of cyclic esters (lactones) is 1. The molecule has 0 N–H and O–H groups in total. The Balaban J connectivity index is 2.55. The molecule has 0 amide bonds. The highest BCUT2D eigenvalue weighted by Crippen LogP contribution is 2.33. The van der Waals surface area contributed by atoms with Gasteiger partial charge in [0.05, 0.1) is 5.92 Å². The fourth-order valence-corrected chi connectivity index (χ4v) is 2.26. The molecule has 0 aromatic carbocycles. The lowest BCUT2D eigenvalue weighted by Gasteiger charge is -2.17. The largest absolute Gasteiger partial charge is 0.462 e. The van der Waals surface area contributed by atoms with E-state index < -0.39 is 0 Å². The van der Waals surface area contributed by atoms with E-state index in [9.17, 15) is 4.79 Å². The maximum Gasteiger partial charge on any atom is 0.309 e. The zero-order chi connectivity index (χ0) is 10.6. The second-order valence-electron chi connectivity index (χ2n) is 3.78. The average molecular weight is 261 g/mol. The van der Waals surface area contributed by atoms with E-state index in [1.54, 1.807) is 0 Å². The third-order valence-electron chi connectivity index (χ3n) is 2.82. The average Bonchev–Trinajstić information content (AvgIpc) is 2.43. The molecule has 0 radical (unpaired) electrons. The van der Waals surface area contributed by atoms with Gasteiger partial charge >= 0.3 is 5.97 Å². The summed E-state index contributed by atoms with van der Waals surface area (Å²) >= 11 is 3.39. The molecule has 1 saturated heterocycles. The van der Waals surface area contributed by atoms with Crippen molar-refractivity contribution in [2.75, 3.05) is 5.33 Å². The van der Waals surface area contributed by atoms with Crippen molar-refractivity contribution in [3.8, 4) is 0 Å². The van der Waals surface area contributed by atoms with E-state index in [-0.39, 0.29) is 18.0 Å². The summed E-state index contributed by atoms with van der Waals surface area (Å²) in [5.41, 5.74) is 0. The van der Waals surface area contributed by atoms with Crippen LogP contribution >= 0.6 is 15.9 Å². The first kappa shape index (κ1) is 11.8. The maximum atomic E-state index is 11.4. The standard InChI is InChI=1S/C11H17BrO2/c1-3-5-9-8(2)11(13)14-10(9)6-4-7-12/h3,8-10H,1,4-7H2,2H3/t8-,9+,10-/m1/s1. The molecule has 80 valence electrons. The second-order valence-corrected chi connectivity index (χ2v) is 4.58. The Morgan fingerprint density at radius 1 is 1.64 bits per heavy atom. The highest BCUT2D eigenvalue weighted by Gasteiger charge is 2.40. The van der Waals surface area contributed by atoms with Crippen molar-refractivity contribution in [2.45, 2.75) is 32.3 Å². The first-order chi connectivity index (χ1) is 6.70. The number of halogens is 1. The number of hydrogen-bond donors (Lipinski definition) is 0. The summed E-state index contributed by atoms with van der Waals surface area (Å²) in [7, 11) is 0. The van der Waals surface area contributed by atoms with Crippen LogP contribution in [0.15, 0.2) is 12.7 Å². The molecule has 1 aliphatic rings. The van der Waals surface area contributed by atoms with Crippen LogP contribution in [0.1, 0.15) is 26.2 Å². The van der Waals surface area contributed by atoms with Gasteiger partial charge in [-0.3, -0.25) is 4.79 Å². The van der Waals surface area contributed by atoms with Gasteiger partial charge in [0, 0.05) is 11.2 Å². The Labute approximate surface area is 93.8 Å². The summed E-state index contributed by atoms with van der Waals surface area (Å²) in [5, 5.41) is 0.968. The van der Waals surface area contributed by atoms with E-state index in [0.717, 1.165) is 24.6 Å². The fraction of sp³-hybridized carbons (Fsp3) is 0.727. The highest BCUT2D eigenvalue weighted by atomic mass is 79.9. The van der Waals surface area contributed by atoms with Gasteiger partial charge in [-0.1, -0.05) is 28.9 Å². The molecule has 14 heavy (non-hydrogen) atoms. The Morgan fingerprint density at radius 3 is 2.93 bits per heavy atom. The summed E-state index contributed by atoms with van der Waals surface area (Å²) in [6, 6.07) is 0. The lowest BCUT2D eigenvalue weighted by Crippen LogP contribution is -2.18. The van der Waals surface area contributed by atoms with Crippen LogP contribution in [0.3, 0.4) is 0 Å². The molecule has 0 unspecified atom stereocenters. The first-order valence-electron chi connectivity index (χ1n) is 5.08. The minimum atomic E-state index is -0.0450. The smallest absolute Gasteiger partial charge is 0.309 e. The van der Waals surface area contributed by atoms with Crippen molar-refractivity contribution in [3.63, 3.8) is 0 Å². The lowest BCUT2D eigenvalue weighted by atomic mass is 9.87. The fourth-order valence-electron chi connectivity index (χ4n) is 1.94. The van der Waals surface area contributed by atoms with Gasteiger partial charge in [-0.05, 0) is 19.3 Å². The first-order valence-corrected chi connectivity index (χ1v) is 6.20. The van der Waals surface area contributed by atoms with E-state index in [1.807, 2.05) is 13.0 Å². The quantitative estimate of drug-likeness (QED) is 0.432. The van der Waals surface area contributed by atoms with Gasteiger partial charge < -0.3 is 4.74 Å². The number of rotatable bonds is 5. The van der Waals surface area contributed by atoms with Gasteiger partial charge in [0.2, 0.25) is 0 Å². The highest BCUT2D eigenvalue weighted by molar-refractivity contribution is 9.09. The van der Waals surface area contributed by atoms with E-state index in [4.69, 9.17) is 4.74 Å². The Bertz CT molecular complexity index is 215. The number of alkyl halides is 1. The van der Waals surface area contributed by atoms with Crippen molar-refractivity contribution in [2.24, 2.45) is 11.8 Å². The van der Waals surface area contributed by atoms with E-state index in [0.29, 0.717) is 5.92 Å². The number of hydrogen-bond acceptors (Lipinski definition) is 2. The third-order valence-corrected chi connectivity index (χ3v) is 3.38. The van der Waals surface area contributed by atoms with Crippen molar-refractivity contribution >= 4 is 21.9 Å². The summed E-state index contributed by atoms with van der Waals surface area (Å²) < 4.78 is 5.33. The molecule has 0 aromatic rings. The number of allylic oxidation sites excluding steroid dienone is 1. The van der Waals surface area contributed by atoms with Crippen molar-refractivity contribution < 1.29 is 9.53 Å². The third kappa shape index (κ3) is 2.59. The summed E-state index contributed by atoms with van der Waals surface area (Å²) in [6.07, 6.45) is 4.87. The van der Waals surface area contributed by atoms with E-state index in [2.05, 4.69) is 22.5 Å². The summed E-state index contributed by atoms with van der Waals surface area (Å²) in [5.74, 6) is 0.323. The molecule has 0 saturated carbocycles. The van der Waals surface area contributed by atoms with E-state index >= 15 is 0 Å². The SMILES string of the molecule is C=CC[C@@H]1[C@@H](CCCBr)OC(=O)[C@@H]1C. The van der Waals surface area contributed by atoms with Crippen molar-refractivity contribution in [1.82, 2.24) is 0 Å². The lowest BCUT2D eigenvalue weighted by molar-refractivity contribution is -0.144. The number of ether oxygens (including phenoxy) is 1. The van der Waals surface area contributed by atoms with Gasteiger partial charge in [0.15, 0.2) is 0 Å². The van der Waals surface area contributed by atoms with E-state index in [1.165, 1.54) is 0 Å². The second kappa shape index (κ2) is 5.54. The van der Waals surface area contributed by atoms with Gasteiger partial charge in [0.1, 0.15) is 6.10 Å². The van der Waals surface area contributed by atoms with Gasteiger partial charge in [0.25, 0.3) is 0 Å². The zero-order valence-corrected chi connectivity index (χ0v) is 10.1. The molecule has 3 atom stereocenters. The molecule has 0 bridgehead atoms. The molecule has 2 nitrogen and oxygen atoms in total. The summed E-state index contributed by atoms with van der Waals surface area (Å²) in [4.78, 5) is 11.4. The topological polar surface area (TPSA) is 26.3 Å². The summed E-state index contributed by atoms with van der Waals surface area (Å²) in [6.45, 7) is 5.67. The molecule has 1 heterocycles. The molecular formula is C11H17BrO2. The van der Waals surface area contributed by atoms with Crippen molar-refractivity contribution in [1.29, 1.82) is 0 Å². The predicted octanol–water partition coefficient (Wildman–Crippen LogP) is 2.92. The van der Waals surface area contributed by atoms with Crippen LogP contribution in [0.5, 0.6) is 0 Å². The molecule has 0 aliphatic carbocycles. The normalized spacial score (nSPS) is 31.6. The molecule has 3 heteroatoms. The van der Waals surface area contributed by atoms with Crippen LogP contribution in [-0.2, 0) is 9.53 Å². The Morgan fingerprint density at radius 2 is 2.36 bits per heavy atom. The molecule has 1 aliphatic heterocycles. The Hall–Kier alpha value is -0.310. The number of carbonyl (C=O) groups excluding carboxylic acids is 1. The number of esters is 1. The molecule has 0 aromatic heterocycles.